The van der Waals surface area contributed by atoms with Gasteiger partial charge in [-0.3, -0.25) is 10.1 Å². The molecular weight excluding hydrogens is 399 g/mol. The number of aromatic nitrogens is 4. The zero-order valence-corrected chi connectivity index (χ0v) is 17.1. The Hall–Kier alpha value is -2.71. The molecular formula is C17H22F2LiN5O5. The van der Waals surface area contributed by atoms with Crippen LogP contribution in [0.15, 0.2) is 23.3 Å². The number of amides is 1. The standard InChI is InChI=1S/C17H21F2N5O5.Li.H/c1-17(2,3)29-16(28)20-11-5-7-23(14(25)13(11)19)6-4-10(18)8-24-9-12(15(26)27)21-22-24;;/h5,7,9-10H,4,6,8H2,1-3H3,(H,20,28)(H,26,27);;/q;+1;-1. The third-order valence-electron chi connectivity index (χ3n) is 3.57. The quantitative estimate of drug-likeness (QED) is 0.559. The Labute approximate surface area is 183 Å². The zero-order valence-electron chi connectivity index (χ0n) is 18.1. The van der Waals surface area contributed by atoms with Gasteiger partial charge in [0.05, 0.1) is 18.4 Å². The fourth-order valence-corrected chi connectivity index (χ4v) is 2.29. The van der Waals surface area contributed by atoms with Crippen LogP contribution >= 0.6 is 0 Å². The Kier molecular flexibility index (Phi) is 8.74. The number of hydrogen-bond donors (Lipinski definition) is 2. The van der Waals surface area contributed by atoms with Crippen LogP contribution in [-0.2, 0) is 17.8 Å². The second-order valence-corrected chi connectivity index (χ2v) is 7.19. The van der Waals surface area contributed by atoms with Crippen LogP contribution in [0.2, 0.25) is 0 Å². The predicted octanol–water partition coefficient (Wildman–Crippen LogP) is -0.831. The summed E-state index contributed by atoms with van der Waals surface area (Å²) in [6.45, 7) is 4.50. The summed E-state index contributed by atoms with van der Waals surface area (Å²) >= 11 is 0. The number of aryl methyl sites for hydroxylation is 1. The number of aromatic carboxylic acids is 1. The van der Waals surface area contributed by atoms with Gasteiger partial charge in [0.2, 0.25) is 5.82 Å². The van der Waals surface area contributed by atoms with Gasteiger partial charge in [0.25, 0.3) is 5.56 Å². The number of anilines is 1. The molecule has 0 saturated heterocycles. The van der Waals surface area contributed by atoms with E-state index in [1.807, 2.05) is 0 Å². The van der Waals surface area contributed by atoms with Crippen molar-refractivity contribution in [3.05, 3.63) is 40.3 Å². The first-order chi connectivity index (χ1) is 13.5. The minimum Gasteiger partial charge on any atom is -1.00 e. The number of rotatable bonds is 7. The molecule has 0 radical (unpaired) electrons. The maximum absolute atomic E-state index is 14.2. The summed E-state index contributed by atoms with van der Waals surface area (Å²) in [4.78, 5) is 34.5. The van der Waals surface area contributed by atoms with E-state index >= 15 is 0 Å². The van der Waals surface area contributed by atoms with Crippen LogP contribution in [0.1, 0.15) is 39.1 Å². The van der Waals surface area contributed by atoms with Gasteiger partial charge in [0, 0.05) is 12.7 Å². The van der Waals surface area contributed by atoms with Crippen LogP contribution in [-0.4, -0.2) is 48.5 Å². The van der Waals surface area contributed by atoms with Gasteiger partial charge in [-0.15, -0.1) is 5.10 Å². The molecule has 0 aromatic carbocycles. The van der Waals surface area contributed by atoms with E-state index in [0.717, 1.165) is 15.4 Å². The molecule has 1 unspecified atom stereocenters. The molecule has 0 saturated carbocycles. The maximum atomic E-state index is 14.2. The molecule has 0 aliphatic heterocycles. The number of carbonyl (C=O) groups is 2. The summed E-state index contributed by atoms with van der Waals surface area (Å²) in [5.74, 6) is -2.48. The first-order valence-corrected chi connectivity index (χ1v) is 8.62. The van der Waals surface area contributed by atoms with Gasteiger partial charge >= 0.3 is 30.9 Å². The molecule has 10 nitrogen and oxygen atoms in total. The summed E-state index contributed by atoms with van der Waals surface area (Å²) in [6, 6.07) is 1.17. The summed E-state index contributed by atoms with van der Waals surface area (Å²) < 4.78 is 35.3. The van der Waals surface area contributed by atoms with Crippen molar-refractivity contribution in [2.24, 2.45) is 0 Å². The van der Waals surface area contributed by atoms with Crippen LogP contribution < -0.4 is 29.7 Å². The number of hydrogen-bond acceptors (Lipinski definition) is 6. The van der Waals surface area contributed by atoms with Gasteiger partial charge in [-0.2, -0.15) is 4.39 Å². The number of carbonyl (C=O) groups excluding carboxylic acids is 1. The Morgan fingerprint density at radius 1 is 1.40 bits per heavy atom. The fourth-order valence-electron chi connectivity index (χ4n) is 2.29. The van der Waals surface area contributed by atoms with Crippen molar-refractivity contribution < 1.29 is 48.5 Å². The second kappa shape index (κ2) is 10.4. The molecule has 2 rings (SSSR count). The van der Waals surface area contributed by atoms with Crippen LogP contribution in [0.3, 0.4) is 0 Å². The molecule has 0 spiro atoms. The molecule has 0 aliphatic rings. The predicted molar refractivity (Wildman–Crippen MR) is 98.1 cm³/mol. The van der Waals surface area contributed by atoms with Crippen molar-refractivity contribution in [3.8, 4) is 0 Å². The van der Waals surface area contributed by atoms with Crippen molar-refractivity contribution in [1.29, 1.82) is 0 Å². The molecule has 160 valence electrons. The molecule has 0 bridgehead atoms. The fraction of sp³-hybridized carbons (Fsp3) is 0.471. The average molecular weight is 421 g/mol. The molecule has 1 atom stereocenters. The number of carboxylic acids is 1. The second-order valence-electron chi connectivity index (χ2n) is 7.19. The largest absolute Gasteiger partial charge is 1.00 e. The van der Waals surface area contributed by atoms with E-state index in [1.165, 1.54) is 12.3 Å². The number of carboxylic acid groups (broad SMARTS) is 1. The van der Waals surface area contributed by atoms with E-state index in [9.17, 15) is 23.2 Å². The molecule has 2 heterocycles. The van der Waals surface area contributed by atoms with E-state index < -0.39 is 35.2 Å². The minimum atomic E-state index is -1.48. The Morgan fingerprint density at radius 3 is 2.63 bits per heavy atom. The van der Waals surface area contributed by atoms with Gasteiger partial charge in [-0.25, -0.2) is 18.7 Å². The summed E-state index contributed by atoms with van der Waals surface area (Å²) in [7, 11) is 0. The van der Waals surface area contributed by atoms with Gasteiger partial charge < -0.3 is 15.8 Å². The normalized spacial score (nSPS) is 12.0. The van der Waals surface area contributed by atoms with E-state index in [1.54, 1.807) is 20.8 Å². The third-order valence-corrected chi connectivity index (χ3v) is 3.57. The molecule has 2 aromatic rings. The summed E-state index contributed by atoms with van der Waals surface area (Å²) in [6.07, 6.45) is -0.236. The van der Waals surface area contributed by atoms with Gasteiger partial charge in [0.15, 0.2) is 5.69 Å². The molecule has 0 fully saturated rings. The van der Waals surface area contributed by atoms with Crippen molar-refractivity contribution in [1.82, 2.24) is 19.6 Å². The van der Waals surface area contributed by atoms with Crippen LogP contribution in [0.4, 0.5) is 19.3 Å². The number of nitrogens with zero attached hydrogens (tertiary/aromatic N) is 4. The minimum absolute atomic E-state index is 0. The Balaban J connectivity index is 0.00000450. The van der Waals surface area contributed by atoms with Crippen molar-refractivity contribution in [2.75, 3.05) is 5.32 Å². The van der Waals surface area contributed by atoms with E-state index in [4.69, 9.17) is 9.84 Å². The monoisotopic (exact) mass is 421 g/mol. The molecule has 2 aromatic heterocycles. The number of pyridine rings is 1. The van der Waals surface area contributed by atoms with Crippen molar-refractivity contribution in [3.63, 3.8) is 0 Å². The maximum Gasteiger partial charge on any atom is 1.00 e. The van der Waals surface area contributed by atoms with Gasteiger partial charge in [-0.1, -0.05) is 5.21 Å². The zero-order chi connectivity index (χ0) is 21.8. The van der Waals surface area contributed by atoms with E-state index in [0.29, 0.717) is 0 Å². The average Bonchev–Trinajstić information content (AvgIpc) is 3.05. The number of alkyl halides is 1. The topological polar surface area (TPSA) is 128 Å². The first-order valence-electron chi connectivity index (χ1n) is 8.62. The molecule has 30 heavy (non-hydrogen) atoms. The van der Waals surface area contributed by atoms with Gasteiger partial charge in [-0.05, 0) is 33.3 Å². The van der Waals surface area contributed by atoms with E-state index in [2.05, 4.69) is 15.6 Å². The van der Waals surface area contributed by atoms with Crippen LogP contribution in [0, 0.1) is 5.82 Å². The van der Waals surface area contributed by atoms with Crippen LogP contribution in [0.25, 0.3) is 0 Å². The number of nitrogens with one attached hydrogen (secondary N) is 1. The third kappa shape index (κ3) is 7.27. The SMILES string of the molecule is CC(C)(C)OC(=O)Nc1ccn(CCC(F)Cn2cc(C(=O)O)nn2)c(=O)c1F.[H-].[Li+]. The van der Waals surface area contributed by atoms with E-state index in [-0.39, 0.29) is 51.2 Å². The van der Waals surface area contributed by atoms with Gasteiger partial charge in [0.1, 0.15) is 11.8 Å². The Bertz CT molecular complexity index is 963. The summed E-state index contributed by atoms with van der Waals surface area (Å²) in [5, 5.41) is 17.8. The smallest absolute Gasteiger partial charge is 1.00 e. The van der Waals surface area contributed by atoms with Crippen molar-refractivity contribution in [2.45, 2.75) is 52.1 Å². The molecule has 1 amide bonds. The molecule has 0 aliphatic carbocycles. The Morgan fingerprint density at radius 2 is 2.07 bits per heavy atom. The van der Waals surface area contributed by atoms with Crippen LogP contribution in [0.5, 0.6) is 0 Å². The molecule has 2 N–H and O–H groups in total. The molecule has 13 heteroatoms. The summed E-state index contributed by atoms with van der Waals surface area (Å²) in [5.41, 5.74) is -2.48. The van der Waals surface area contributed by atoms with Crippen molar-refractivity contribution >= 4 is 17.7 Å². The first kappa shape index (κ1) is 25.3. The number of ether oxygens (including phenoxy) is 1. The number of halogens is 2.